The van der Waals surface area contributed by atoms with E-state index < -0.39 is 0 Å². The van der Waals surface area contributed by atoms with Gasteiger partial charge in [-0.05, 0) is 49.1 Å². The number of nitrogens with one attached hydrogen (secondary N) is 1. The van der Waals surface area contributed by atoms with Crippen LogP contribution in [0, 0.1) is 13.8 Å². The molecule has 1 aliphatic heterocycles. The SMILES string of the molecule is Cc1ccc2c(n1)C(=Cc1sc3ccccc3c1C)C(=O)N2. The third-order valence-corrected chi connectivity index (χ3v) is 5.16. The van der Waals surface area contributed by atoms with Crippen LogP contribution in [0.15, 0.2) is 36.4 Å². The number of pyridine rings is 1. The van der Waals surface area contributed by atoms with E-state index in [1.165, 1.54) is 15.6 Å². The Morgan fingerprint density at radius 3 is 2.77 bits per heavy atom. The van der Waals surface area contributed by atoms with E-state index in [1.54, 1.807) is 11.3 Å². The number of aromatic nitrogens is 1. The van der Waals surface area contributed by atoms with E-state index in [4.69, 9.17) is 0 Å². The number of anilines is 1. The Bertz CT molecular complexity index is 953. The van der Waals surface area contributed by atoms with Crippen molar-refractivity contribution in [3.05, 3.63) is 58.2 Å². The molecule has 0 saturated heterocycles. The van der Waals surface area contributed by atoms with Crippen molar-refractivity contribution in [1.29, 1.82) is 0 Å². The zero-order chi connectivity index (χ0) is 15.3. The summed E-state index contributed by atoms with van der Waals surface area (Å²) >= 11 is 1.71. The van der Waals surface area contributed by atoms with Gasteiger partial charge in [-0.2, -0.15) is 0 Å². The summed E-state index contributed by atoms with van der Waals surface area (Å²) < 4.78 is 1.24. The first-order valence-corrected chi connectivity index (χ1v) is 7.94. The molecule has 0 bridgehead atoms. The fourth-order valence-electron chi connectivity index (χ4n) is 2.76. The molecule has 3 aromatic rings. The predicted octanol–water partition coefficient (Wildman–Crippen LogP) is 4.41. The van der Waals surface area contributed by atoms with Crippen LogP contribution in [-0.2, 0) is 4.79 Å². The summed E-state index contributed by atoms with van der Waals surface area (Å²) in [5.74, 6) is -0.0787. The summed E-state index contributed by atoms with van der Waals surface area (Å²) in [6.45, 7) is 4.04. The van der Waals surface area contributed by atoms with Crippen LogP contribution in [0.4, 0.5) is 5.69 Å². The number of thiophene rings is 1. The number of nitrogens with zero attached hydrogens (tertiary/aromatic N) is 1. The third kappa shape index (κ3) is 1.96. The average Bonchev–Trinajstić information content (AvgIpc) is 2.99. The van der Waals surface area contributed by atoms with Crippen LogP contribution >= 0.6 is 11.3 Å². The Morgan fingerprint density at radius 1 is 1.14 bits per heavy atom. The summed E-state index contributed by atoms with van der Waals surface area (Å²) in [7, 11) is 0. The summed E-state index contributed by atoms with van der Waals surface area (Å²) in [6, 6.07) is 12.1. The van der Waals surface area contributed by atoms with Gasteiger partial charge in [0, 0.05) is 15.3 Å². The Kier molecular flexibility index (Phi) is 2.87. The molecular formula is C18H14N2OS. The van der Waals surface area contributed by atoms with Crippen LogP contribution in [-0.4, -0.2) is 10.9 Å². The van der Waals surface area contributed by atoms with E-state index in [2.05, 4.69) is 29.4 Å². The molecule has 1 aromatic carbocycles. The highest BCUT2D eigenvalue weighted by Crippen LogP contribution is 2.36. The Labute approximate surface area is 132 Å². The van der Waals surface area contributed by atoms with Gasteiger partial charge in [0.15, 0.2) is 0 Å². The van der Waals surface area contributed by atoms with Gasteiger partial charge in [0.25, 0.3) is 5.91 Å². The van der Waals surface area contributed by atoms with Crippen LogP contribution < -0.4 is 5.32 Å². The predicted molar refractivity (Wildman–Crippen MR) is 92.0 cm³/mol. The van der Waals surface area contributed by atoms with Crippen molar-refractivity contribution in [1.82, 2.24) is 4.98 Å². The van der Waals surface area contributed by atoms with Crippen LogP contribution in [0.1, 0.15) is 21.8 Å². The molecule has 4 rings (SSSR count). The molecule has 3 nitrogen and oxygen atoms in total. The molecule has 4 heteroatoms. The minimum absolute atomic E-state index is 0.0787. The normalized spacial score (nSPS) is 15.4. The fourth-order valence-corrected chi connectivity index (χ4v) is 3.91. The molecular weight excluding hydrogens is 292 g/mol. The molecule has 0 aliphatic carbocycles. The van der Waals surface area contributed by atoms with Gasteiger partial charge in [0.2, 0.25) is 0 Å². The number of rotatable bonds is 1. The molecule has 1 N–H and O–H groups in total. The maximum Gasteiger partial charge on any atom is 0.258 e. The van der Waals surface area contributed by atoms with Crippen molar-refractivity contribution in [2.45, 2.75) is 13.8 Å². The molecule has 0 fully saturated rings. The second kappa shape index (κ2) is 4.78. The average molecular weight is 306 g/mol. The van der Waals surface area contributed by atoms with Gasteiger partial charge in [0.05, 0.1) is 17.0 Å². The van der Waals surface area contributed by atoms with E-state index in [1.807, 2.05) is 37.3 Å². The monoisotopic (exact) mass is 306 g/mol. The van der Waals surface area contributed by atoms with Crippen LogP contribution in [0.3, 0.4) is 0 Å². The second-order valence-corrected chi connectivity index (χ2v) is 6.53. The highest BCUT2D eigenvalue weighted by atomic mass is 32.1. The van der Waals surface area contributed by atoms with E-state index >= 15 is 0 Å². The zero-order valence-corrected chi connectivity index (χ0v) is 13.1. The molecule has 3 heterocycles. The van der Waals surface area contributed by atoms with Gasteiger partial charge in [0.1, 0.15) is 0 Å². The molecule has 0 spiro atoms. The van der Waals surface area contributed by atoms with Crippen molar-refractivity contribution in [2.75, 3.05) is 5.32 Å². The van der Waals surface area contributed by atoms with Crippen LogP contribution in [0.2, 0.25) is 0 Å². The maximum atomic E-state index is 12.3. The summed E-state index contributed by atoms with van der Waals surface area (Å²) in [6.07, 6.45) is 1.97. The standard InChI is InChI=1S/C18H14N2OS/c1-10-7-8-14-17(19-10)13(18(21)20-14)9-16-11(2)12-5-3-4-6-15(12)22-16/h3-9H,1-2H3,(H,20,21). The van der Waals surface area contributed by atoms with Gasteiger partial charge in [-0.3, -0.25) is 9.78 Å². The minimum atomic E-state index is -0.0787. The summed E-state index contributed by atoms with van der Waals surface area (Å²) in [4.78, 5) is 17.9. The molecule has 1 amide bonds. The van der Waals surface area contributed by atoms with Gasteiger partial charge >= 0.3 is 0 Å². The van der Waals surface area contributed by atoms with E-state index in [0.717, 1.165) is 22.0 Å². The van der Waals surface area contributed by atoms with Crippen LogP contribution in [0.25, 0.3) is 21.7 Å². The Balaban J connectivity index is 1.91. The molecule has 2 aromatic heterocycles. The van der Waals surface area contributed by atoms with Crippen molar-refractivity contribution < 1.29 is 4.79 Å². The van der Waals surface area contributed by atoms with Crippen molar-refractivity contribution in [3.63, 3.8) is 0 Å². The topological polar surface area (TPSA) is 42.0 Å². The number of carbonyl (C=O) groups is 1. The second-order valence-electron chi connectivity index (χ2n) is 5.45. The third-order valence-electron chi connectivity index (χ3n) is 3.94. The maximum absolute atomic E-state index is 12.3. The van der Waals surface area contributed by atoms with E-state index in [-0.39, 0.29) is 5.91 Å². The Morgan fingerprint density at radius 2 is 1.95 bits per heavy atom. The minimum Gasteiger partial charge on any atom is -0.320 e. The lowest BCUT2D eigenvalue weighted by Gasteiger charge is -1.99. The number of fused-ring (bicyclic) bond motifs is 2. The summed E-state index contributed by atoms with van der Waals surface area (Å²) in [5.41, 5.74) is 4.31. The van der Waals surface area contributed by atoms with E-state index in [0.29, 0.717) is 5.57 Å². The first-order chi connectivity index (χ1) is 10.6. The number of hydrogen-bond acceptors (Lipinski definition) is 3. The van der Waals surface area contributed by atoms with Gasteiger partial charge in [-0.15, -0.1) is 11.3 Å². The lowest BCUT2D eigenvalue weighted by Crippen LogP contribution is -2.03. The van der Waals surface area contributed by atoms with Gasteiger partial charge in [-0.1, -0.05) is 18.2 Å². The van der Waals surface area contributed by atoms with Crippen molar-refractivity contribution in [3.8, 4) is 0 Å². The highest BCUT2D eigenvalue weighted by molar-refractivity contribution is 7.20. The molecule has 0 saturated carbocycles. The molecule has 108 valence electrons. The molecule has 0 radical (unpaired) electrons. The van der Waals surface area contributed by atoms with Gasteiger partial charge in [-0.25, -0.2) is 0 Å². The number of aryl methyl sites for hydroxylation is 2. The van der Waals surface area contributed by atoms with Crippen molar-refractivity contribution >= 4 is 44.7 Å². The number of benzene rings is 1. The smallest absolute Gasteiger partial charge is 0.258 e. The molecule has 22 heavy (non-hydrogen) atoms. The number of carbonyl (C=O) groups excluding carboxylic acids is 1. The van der Waals surface area contributed by atoms with E-state index in [9.17, 15) is 4.79 Å². The van der Waals surface area contributed by atoms with Gasteiger partial charge < -0.3 is 5.32 Å². The zero-order valence-electron chi connectivity index (χ0n) is 12.3. The van der Waals surface area contributed by atoms with Crippen LogP contribution in [0.5, 0.6) is 0 Å². The molecule has 0 unspecified atom stereocenters. The number of amides is 1. The first-order valence-electron chi connectivity index (χ1n) is 7.12. The highest BCUT2D eigenvalue weighted by Gasteiger charge is 2.26. The quantitative estimate of drug-likeness (QED) is 0.677. The number of hydrogen-bond donors (Lipinski definition) is 1. The first kappa shape index (κ1) is 13.2. The van der Waals surface area contributed by atoms with Crippen molar-refractivity contribution in [2.24, 2.45) is 0 Å². The lowest BCUT2D eigenvalue weighted by atomic mass is 10.1. The molecule has 1 aliphatic rings. The fraction of sp³-hybridized carbons (Fsp3) is 0.111. The largest absolute Gasteiger partial charge is 0.320 e. The molecule has 0 atom stereocenters. The lowest BCUT2D eigenvalue weighted by molar-refractivity contribution is -0.110. The Hall–Kier alpha value is -2.46. The summed E-state index contributed by atoms with van der Waals surface area (Å²) in [5, 5.41) is 4.13.